The van der Waals surface area contributed by atoms with E-state index >= 15 is 0 Å². The number of carbonyl (C=O) groups is 2. The van der Waals surface area contributed by atoms with Crippen molar-refractivity contribution in [3.05, 3.63) is 53.9 Å². The molecule has 1 amide bonds. The number of hydrogen-bond acceptors (Lipinski definition) is 6. The average molecular weight is 473 g/mol. The van der Waals surface area contributed by atoms with Crippen LogP contribution in [0, 0.1) is 0 Å². The Morgan fingerprint density at radius 3 is 2.52 bits per heavy atom. The summed E-state index contributed by atoms with van der Waals surface area (Å²) >= 11 is 0. The molecule has 0 radical (unpaired) electrons. The topological polar surface area (TPSA) is 111 Å². The molecule has 0 bridgehead atoms. The summed E-state index contributed by atoms with van der Waals surface area (Å²) in [4.78, 5) is 28.9. The van der Waals surface area contributed by atoms with Gasteiger partial charge in [0.15, 0.2) is 0 Å². The van der Waals surface area contributed by atoms with Crippen LogP contribution in [-0.2, 0) is 33.0 Å². The van der Waals surface area contributed by atoms with Crippen molar-refractivity contribution in [1.82, 2.24) is 13.9 Å². The summed E-state index contributed by atoms with van der Waals surface area (Å²) in [6.07, 6.45) is 0.538. The van der Waals surface area contributed by atoms with Crippen LogP contribution in [0.4, 0.5) is 5.69 Å². The highest BCUT2D eigenvalue weighted by Crippen LogP contribution is 2.23. The zero-order valence-electron chi connectivity index (χ0n) is 19.2. The third-order valence-corrected chi connectivity index (χ3v) is 7.48. The van der Waals surface area contributed by atoms with Gasteiger partial charge in [0.25, 0.3) is 0 Å². The molecule has 0 fully saturated rings. The van der Waals surface area contributed by atoms with Gasteiger partial charge in [-0.2, -0.15) is 4.31 Å². The number of methoxy groups -OCH3 is 1. The molecule has 0 aliphatic heterocycles. The van der Waals surface area contributed by atoms with Crippen molar-refractivity contribution in [2.75, 3.05) is 25.5 Å². The Balaban J connectivity index is 1.74. The maximum Gasteiger partial charge on any atom is 0.337 e. The Labute approximate surface area is 193 Å². The van der Waals surface area contributed by atoms with Crippen molar-refractivity contribution >= 4 is 38.6 Å². The second-order valence-electron chi connectivity index (χ2n) is 7.45. The predicted octanol–water partition coefficient (Wildman–Crippen LogP) is 2.96. The maximum atomic E-state index is 12.8. The first-order valence-electron chi connectivity index (χ1n) is 10.6. The second-order valence-corrected chi connectivity index (χ2v) is 9.39. The van der Waals surface area contributed by atoms with Gasteiger partial charge in [-0.1, -0.05) is 19.9 Å². The van der Waals surface area contributed by atoms with Crippen molar-refractivity contribution in [3.8, 4) is 0 Å². The number of fused-ring (bicyclic) bond motifs is 1. The number of esters is 1. The fourth-order valence-corrected chi connectivity index (χ4v) is 5.10. The van der Waals surface area contributed by atoms with Crippen LogP contribution < -0.4 is 5.32 Å². The van der Waals surface area contributed by atoms with Crippen LogP contribution in [0.1, 0.15) is 36.5 Å². The van der Waals surface area contributed by atoms with Crippen LogP contribution in [0.25, 0.3) is 11.0 Å². The van der Waals surface area contributed by atoms with Crippen molar-refractivity contribution < 1.29 is 22.7 Å². The van der Waals surface area contributed by atoms with E-state index in [4.69, 9.17) is 4.74 Å². The van der Waals surface area contributed by atoms with Crippen LogP contribution in [0.5, 0.6) is 0 Å². The minimum absolute atomic E-state index is 0.171. The van der Waals surface area contributed by atoms with Gasteiger partial charge in [-0.25, -0.2) is 18.2 Å². The lowest BCUT2D eigenvalue weighted by atomic mass is 10.2. The first kappa shape index (κ1) is 24.4. The lowest BCUT2D eigenvalue weighted by Crippen LogP contribution is -2.30. The van der Waals surface area contributed by atoms with E-state index in [2.05, 4.69) is 10.3 Å². The van der Waals surface area contributed by atoms with Gasteiger partial charge >= 0.3 is 5.97 Å². The summed E-state index contributed by atoms with van der Waals surface area (Å²) in [5.74, 6) is -0.0390. The Morgan fingerprint density at radius 1 is 1.12 bits per heavy atom. The Bertz CT molecular complexity index is 1280. The van der Waals surface area contributed by atoms with E-state index < -0.39 is 16.0 Å². The van der Waals surface area contributed by atoms with Crippen LogP contribution >= 0.6 is 0 Å². The smallest absolute Gasteiger partial charge is 0.337 e. The number of aromatic nitrogens is 2. The van der Waals surface area contributed by atoms with Crippen LogP contribution in [0.3, 0.4) is 0 Å². The molecule has 0 aliphatic rings. The van der Waals surface area contributed by atoms with Gasteiger partial charge in [0.1, 0.15) is 5.82 Å². The van der Waals surface area contributed by atoms with Crippen molar-refractivity contribution in [3.63, 3.8) is 0 Å². The molecule has 1 aromatic heterocycles. The van der Waals surface area contributed by atoms with Gasteiger partial charge in [0.2, 0.25) is 15.9 Å². The highest BCUT2D eigenvalue weighted by atomic mass is 32.2. The molecule has 3 aromatic rings. The molecule has 0 unspecified atom stereocenters. The van der Waals surface area contributed by atoms with Crippen molar-refractivity contribution in [1.29, 1.82) is 0 Å². The third-order valence-electron chi connectivity index (χ3n) is 5.43. The second kappa shape index (κ2) is 10.1. The number of nitrogens with zero attached hydrogens (tertiary/aromatic N) is 3. The number of imidazole rings is 1. The molecule has 2 aromatic carbocycles. The van der Waals surface area contributed by atoms with E-state index in [0.717, 1.165) is 5.52 Å². The number of carbonyl (C=O) groups excluding carboxylic acids is 2. The quantitative estimate of drug-likeness (QED) is 0.480. The fraction of sp³-hybridized carbons (Fsp3) is 0.348. The molecular formula is C23H28N4O5S. The minimum atomic E-state index is -3.58. The third kappa shape index (κ3) is 5.23. The Morgan fingerprint density at radius 2 is 1.85 bits per heavy atom. The van der Waals surface area contributed by atoms with Gasteiger partial charge in [-0.15, -0.1) is 0 Å². The number of hydrogen-bond donors (Lipinski definition) is 1. The number of ether oxygens (including phenoxy) is 1. The van der Waals surface area contributed by atoms with E-state index in [1.165, 1.54) is 11.4 Å². The molecule has 0 saturated carbocycles. The lowest BCUT2D eigenvalue weighted by molar-refractivity contribution is -0.116. The number of benzene rings is 2. The molecule has 0 atom stereocenters. The molecule has 1 N–H and O–H groups in total. The molecule has 33 heavy (non-hydrogen) atoms. The zero-order chi connectivity index (χ0) is 24.2. The lowest BCUT2D eigenvalue weighted by Gasteiger charge is -2.18. The summed E-state index contributed by atoms with van der Waals surface area (Å²) in [5, 5.41) is 2.77. The number of nitrogens with one attached hydrogen (secondary N) is 1. The minimum Gasteiger partial charge on any atom is -0.465 e. The highest BCUT2D eigenvalue weighted by Gasteiger charge is 2.22. The van der Waals surface area contributed by atoms with Gasteiger partial charge < -0.3 is 14.6 Å². The summed E-state index contributed by atoms with van der Waals surface area (Å²) in [6, 6.07) is 11.4. The molecule has 10 heteroatoms. The van der Waals surface area contributed by atoms with E-state index in [1.807, 2.05) is 11.6 Å². The Kier molecular flexibility index (Phi) is 7.50. The summed E-state index contributed by atoms with van der Waals surface area (Å²) in [5.41, 5.74) is 2.20. The van der Waals surface area contributed by atoms with Crippen LogP contribution in [-0.4, -0.2) is 54.3 Å². The van der Waals surface area contributed by atoms with E-state index in [0.29, 0.717) is 42.1 Å². The monoisotopic (exact) mass is 472 g/mol. The van der Waals surface area contributed by atoms with E-state index in [1.54, 1.807) is 56.3 Å². The number of rotatable bonds is 9. The number of aryl methyl sites for hydroxylation is 2. The average Bonchev–Trinajstić information content (AvgIpc) is 3.12. The number of amides is 1. The molecule has 1 heterocycles. The van der Waals surface area contributed by atoms with E-state index in [9.17, 15) is 18.0 Å². The molecular weight excluding hydrogens is 444 g/mol. The van der Waals surface area contributed by atoms with Gasteiger partial charge in [-0.05, 0) is 36.4 Å². The first-order chi connectivity index (χ1) is 15.7. The standard InChI is InChI=1S/C23H28N4O5S/c1-5-27(6-2)33(30,31)18-10-11-20-19(15-18)25-21(26(20)3)12-13-22(28)24-17-9-7-8-16(14-17)23(29)32-4/h7-11,14-15H,5-6,12-13H2,1-4H3,(H,24,28). The zero-order valence-corrected chi connectivity index (χ0v) is 20.0. The first-order valence-corrected chi connectivity index (χ1v) is 12.1. The molecule has 9 nitrogen and oxygen atoms in total. The maximum absolute atomic E-state index is 12.8. The van der Waals surface area contributed by atoms with Gasteiger partial charge in [0.05, 0.1) is 28.6 Å². The fourth-order valence-electron chi connectivity index (χ4n) is 3.62. The van der Waals surface area contributed by atoms with Crippen molar-refractivity contribution in [2.24, 2.45) is 7.05 Å². The Hall–Kier alpha value is -3.24. The summed E-state index contributed by atoms with van der Waals surface area (Å²) in [7, 11) is -0.449. The van der Waals surface area contributed by atoms with Crippen LogP contribution in [0.2, 0.25) is 0 Å². The van der Waals surface area contributed by atoms with Crippen LogP contribution in [0.15, 0.2) is 47.4 Å². The summed E-state index contributed by atoms with van der Waals surface area (Å²) in [6.45, 7) is 4.38. The molecule has 0 aliphatic carbocycles. The van der Waals surface area contributed by atoms with Gasteiger partial charge in [-0.3, -0.25) is 4.79 Å². The van der Waals surface area contributed by atoms with E-state index in [-0.39, 0.29) is 17.2 Å². The molecule has 176 valence electrons. The SMILES string of the molecule is CCN(CC)S(=O)(=O)c1ccc2c(c1)nc(CCC(=O)Nc1cccc(C(=O)OC)c1)n2C. The summed E-state index contributed by atoms with van der Waals surface area (Å²) < 4.78 is 33.6. The van der Waals surface area contributed by atoms with Crippen molar-refractivity contribution in [2.45, 2.75) is 31.6 Å². The molecule has 3 rings (SSSR count). The molecule has 0 spiro atoms. The molecule has 0 saturated heterocycles. The normalized spacial score (nSPS) is 11.7. The number of anilines is 1. The highest BCUT2D eigenvalue weighted by molar-refractivity contribution is 7.89. The van der Waals surface area contributed by atoms with Gasteiger partial charge in [0, 0.05) is 38.7 Å². The predicted molar refractivity (Wildman–Crippen MR) is 126 cm³/mol. The largest absolute Gasteiger partial charge is 0.465 e. The number of sulfonamides is 1.